The molecular weight excluding hydrogens is 278 g/mol. The first-order chi connectivity index (χ1) is 8.24. The Balaban J connectivity index is 1.85. The average molecular weight is 292 g/mol. The van der Waals surface area contributed by atoms with Crippen molar-refractivity contribution in [1.29, 1.82) is 0 Å². The van der Waals surface area contributed by atoms with Crippen molar-refractivity contribution >= 4 is 21.6 Å². The Morgan fingerprint density at radius 1 is 1.06 bits per heavy atom. The van der Waals surface area contributed by atoms with Gasteiger partial charge in [0.2, 0.25) is 0 Å². The van der Waals surface area contributed by atoms with Gasteiger partial charge in [0.05, 0.1) is 0 Å². The zero-order valence-electron chi connectivity index (χ0n) is 9.36. The Labute approximate surface area is 109 Å². The second-order valence-corrected chi connectivity index (χ2v) is 4.77. The summed E-state index contributed by atoms with van der Waals surface area (Å²) in [6.07, 6.45) is 0.973. The van der Waals surface area contributed by atoms with Gasteiger partial charge in [0.15, 0.2) is 0 Å². The van der Waals surface area contributed by atoms with Crippen LogP contribution in [0.5, 0.6) is 5.75 Å². The van der Waals surface area contributed by atoms with Crippen molar-refractivity contribution in [3.8, 4) is 5.75 Å². The minimum absolute atomic E-state index is 0.294. The SMILES string of the molecule is Oc1ccc(NCCc2cccc(Br)c2)cc1. The quantitative estimate of drug-likeness (QED) is 0.840. The van der Waals surface area contributed by atoms with Gasteiger partial charge in [0.1, 0.15) is 5.75 Å². The summed E-state index contributed by atoms with van der Waals surface area (Å²) in [6.45, 7) is 0.876. The Kier molecular flexibility index (Phi) is 4.04. The van der Waals surface area contributed by atoms with E-state index in [2.05, 4.69) is 33.4 Å². The molecule has 88 valence electrons. The number of rotatable bonds is 4. The van der Waals surface area contributed by atoms with Crippen molar-refractivity contribution < 1.29 is 5.11 Å². The lowest BCUT2D eigenvalue weighted by atomic mass is 10.1. The maximum Gasteiger partial charge on any atom is 0.115 e. The predicted molar refractivity (Wildman–Crippen MR) is 74.4 cm³/mol. The van der Waals surface area contributed by atoms with Gasteiger partial charge < -0.3 is 10.4 Å². The number of phenols is 1. The van der Waals surface area contributed by atoms with E-state index < -0.39 is 0 Å². The van der Waals surface area contributed by atoms with Crippen LogP contribution in [0.3, 0.4) is 0 Å². The van der Waals surface area contributed by atoms with E-state index in [0.717, 1.165) is 23.1 Å². The highest BCUT2D eigenvalue weighted by molar-refractivity contribution is 9.10. The molecule has 2 N–H and O–H groups in total. The van der Waals surface area contributed by atoms with Crippen molar-refractivity contribution in [3.63, 3.8) is 0 Å². The van der Waals surface area contributed by atoms with Crippen LogP contribution in [0, 0.1) is 0 Å². The highest BCUT2D eigenvalue weighted by Crippen LogP contribution is 2.15. The number of anilines is 1. The Morgan fingerprint density at radius 2 is 1.82 bits per heavy atom. The first kappa shape index (κ1) is 12.0. The van der Waals surface area contributed by atoms with E-state index in [0.29, 0.717) is 5.75 Å². The van der Waals surface area contributed by atoms with Crippen molar-refractivity contribution in [1.82, 2.24) is 0 Å². The number of hydrogen-bond acceptors (Lipinski definition) is 2. The second-order valence-electron chi connectivity index (χ2n) is 3.85. The number of hydrogen-bond donors (Lipinski definition) is 2. The summed E-state index contributed by atoms with van der Waals surface area (Å²) in [4.78, 5) is 0. The minimum atomic E-state index is 0.294. The van der Waals surface area contributed by atoms with Gasteiger partial charge in [-0.3, -0.25) is 0 Å². The smallest absolute Gasteiger partial charge is 0.115 e. The molecule has 0 amide bonds. The van der Waals surface area contributed by atoms with Crippen LogP contribution in [-0.4, -0.2) is 11.7 Å². The van der Waals surface area contributed by atoms with Crippen molar-refractivity contribution in [2.24, 2.45) is 0 Å². The monoisotopic (exact) mass is 291 g/mol. The molecule has 0 heterocycles. The second kappa shape index (κ2) is 5.73. The molecule has 2 nitrogen and oxygen atoms in total. The van der Waals surface area contributed by atoms with Gasteiger partial charge in [-0.15, -0.1) is 0 Å². The number of halogens is 1. The largest absolute Gasteiger partial charge is 0.508 e. The fourth-order valence-electron chi connectivity index (χ4n) is 1.62. The number of benzene rings is 2. The van der Waals surface area contributed by atoms with Crippen LogP contribution in [0.2, 0.25) is 0 Å². The van der Waals surface area contributed by atoms with Crippen LogP contribution in [0.15, 0.2) is 53.0 Å². The van der Waals surface area contributed by atoms with Gasteiger partial charge in [-0.05, 0) is 48.4 Å². The fourth-order valence-corrected chi connectivity index (χ4v) is 2.07. The third kappa shape index (κ3) is 3.79. The highest BCUT2D eigenvalue weighted by atomic mass is 79.9. The summed E-state index contributed by atoms with van der Waals surface area (Å²) >= 11 is 3.46. The molecule has 0 spiro atoms. The van der Waals surface area contributed by atoms with E-state index in [4.69, 9.17) is 5.11 Å². The number of aromatic hydroxyl groups is 1. The molecule has 0 aliphatic carbocycles. The molecule has 0 aromatic heterocycles. The average Bonchev–Trinajstić information content (AvgIpc) is 2.32. The standard InChI is InChI=1S/C14H14BrNO/c15-12-3-1-2-11(10-12)8-9-16-13-4-6-14(17)7-5-13/h1-7,10,16-17H,8-9H2. The molecule has 0 saturated carbocycles. The van der Waals surface area contributed by atoms with E-state index in [1.54, 1.807) is 12.1 Å². The van der Waals surface area contributed by atoms with Crippen molar-refractivity contribution in [3.05, 3.63) is 58.6 Å². The normalized spacial score (nSPS) is 10.2. The van der Waals surface area contributed by atoms with Crippen LogP contribution < -0.4 is 5.32 Å². The van der Waals surface area contributed by atoms with Gasteiger partial charge in [0.25, 0.3) is 0 Å². The zero-order chi connectivity index (χ0) is 12.1. The molecule has 0 atom stereocenters. The van der Waals surface area contributed by atoms with Crippen LogP contribution >= 0.6 is 15.9 Å². The first-order valence-corrected chi connectivity index (χ1v) is 6.31. The first-order valence-electron chi connectivity index (χ1n) is 5.51. The lowest BCUT2D eigenvalue weighted by Crippen LogP contribution is -2.04. The molecule has 2 rings (SSSR count). The van der Waals surface area contributed by atoms with Gasteiger partial charge in [0, 0.05) is 16.7 Å². The van der Waals surface area contributed by atoms with Crippen LogP contribution in [0.1, 0.15) is 5.56 Å². The van der Waals surface area contributed by atoms with Gasteiger partial charge in [-0.1, -0.05) is 28.1 Å². The maximum absolute atomic E-state index is 9.16. The van der Waals surface area contributed by atoms with Gasteiger partial charge in [-0.25, -0.2) is 0 Å². The predicted octanol–water partition coefficient (Wildman–Crippen LogP) is 3.81. The third-order valence-electron chi connectivity index (χ3n) is 2.50. The Bertz CT molecular complexity index is 482. The molecule has 0 aliphatic heterocycles. The molecular formula is C14H14BrNO. The van der Waals surface area contributed by atoms with E-state index in [9.17, 15) is 0 Å². The Morgan fingerprint density at radius 3 is 2.53 bits per heavy atom. The lowest BCUT2D eigenvalue weighted by molar-refractivity contribution is 0.475. The van der Waals surface area contributed by atoms with Gasteiger partial charge >= 0.3 is 0 Å². The van der Waals surface area contributed by atoms with Crippen LogP contribution in [-0.2, 0) is 6.42 Å². The molecule has 0 saturated heterocycles. The maximum atomic E-state index is 9.16. The minimum Gasteiger partial charge on any atom is -0.508 e. The molecule has 0 unspecified atom stereocenters. The summed E-state index contributed by atoms with van der Waals surface area (Å²) in [6, 6.07) is 15.4. The summed E-state index contributed by atoms with van der Waals surface area (Å²) < 4.78 is 1.11. The Hall–Kier alpha value is -1.48. The molecule has 17 heavy (non-hydrogen) atoms. The van der Waals surface area contributed by atoms with E-state index in [1.807, 2.05) is 24.3 Å². The van der Waals surface area contributed by atoms with E-state index in [-0.39, 0.29) is 0 Å². The van der Waals surface area contributed by atoms with Crippen molar-refractivity contribution in [2.75, 3.05) is 11.9 Å². The molecule has 0 fully saturated rings. The molecule has 2 aromatic rings. The van der Waals surface area contributed by atoms with Crippen LogP contribution in [0.25, 0.3) is 0 Å². The topological polar surface area (TPSA) is 32.3 Å². The molecule has 0 radical (unpaired) electrons. The number of nitrogens with one attached hydrogen (secondary N) is 1. The third-order valence-corrected chi connectivity index (χ3v) is 2.99. The van der Waals surface area contributed by atoms with E-state index in [1.165, 1.54) is 5.56 Å². The molecule has 0 bridgehead atoms. The van der Waals surface area contributed by atoms with Gasteiger partial charge in [-0.2, -0.15) is 0 Å². The number of phenolic OH excluding ortho intramolecular Hbond substituents is 1. The summed E-state index contributed by atoms with van der Waals surface area (Å²) in [5.74, 6) is 0.294. The molecule has 3 heteroatoms. The van der Waals surface area contributed by atoms with Crippen molar-refractivity contribution in [2.45, 2.75) is 6.42 Å². The highest BCUT2D eigenvalue weighted by Gasteiger charge is 1.95. The molecule has 2 aromatic carbocycles. The fraction of sp³-hybridized carbons (Fsp3) is 0.143. The summed E-state index contributed by atoms with van der Waals surface area (Å²) in [5, 5.41) is 12.5. The lowest BCUT2D eigenvalue weighted by Gasteiger charge is -2.06. The van der Waals surface area contributed by atoms with Crippen LogP contribution in [0.4, 0.5) is 5.69 Å². The van der Waals surface area contributed by atoms with E-state index >= 15 is 0 Å². The zero-order valence-corrected chi connectivity index (χ0v) is 10.9. The summed E-state index contributed by atoms with van der Waals surface area (Å²) in [7, 11) is 0. The summed E-state index contributed by atoms with van der Waals surface area (Å²) in [5.41, 5.74) is 2.32. The molecule has 0 aliphatic rings.